The largest absolute Gasteiger partial charge is 0.433 e. The van der Waals surface area contributed by atoms with Crippen LogP contribution in [0.15, 0.2) is 52.5 Å². The Bertz CT molecular complexity index is 1560. The number of ether oxygens (including phenoxy) is 1. The quantitative estimate of drug-likeness (QED) is 0.339. The average Bonchev–Trinajstić information content (AvgIpc) is 3.55. The van der Waals surface area contributed by atoms with Crippen molar-refractivity contribution in [3.8, 4) is 0 Å². The van der Waals surface area contributed by atoms with E-state index in [4.69, 9.17) is 4.74 Å². The number of fused-ring (bicyclic) bond motifs is 1. The van der Waals surface area contributed by atoms with Gasteiger partial charge in [0.2, 0.25) is 5.91 Å². The first kappa shape index (κ1) is 29.0. The van der Waals surface area contributed by atoms with E-state index in [1.807, 2.05) is 18.2 Å². The predicted molar refractivity (Wildman–Crippen MR) is 151 cm³/mol. The SMILES string of the molecule is Cc1nn(CC2=CCC(C(=O)NC[C@@H]3CCCO3)C=C2)c(C)c1NC(=O)c1cc(C(F)(F)F)nc2ccc(Br)cc12. The lowest BCUT2D eigenvalue weighted by Gasteiger charge is -2.18. The molecule has 1 saturated heterocycles. The molecule has 12 heteroatoms. The molecule has 2 atom stereocenters. The Hall–Kier alpha value is -3.51. The fourth-order valence-electron chi connectivity index (χ4n) is 5.04. The highest BCUT2D eigenvalue weighted by molar-refractivity contribution is 9.10. The van der Waals surface area contributed by atoms with Gasteiger partial charge in [-0.2, -0.15) is 18.3 Å². The summed E-state index contributed by atoms with van der Waals surface area (Å²) in [4.78, 5) is 29.6. The highest BCUT2D eigenvalue weighted by atomic mass is 79.9. The summed E-state index contributed by atoms with van der Waals surface area (Å²) in [6.45, 7) is 5.18. The molecule has 1 fully saturated rings. The first-order chi connectivity index (χ1) is 19.5. The van der Waals surface area contributed by atoms with Gasteiger partial charge in [-0.15, -0.1) is 0 Å². The summed E-state index contributed by atoms with van der Waals surface area (Å²) >= 11 is 3.31. The topological polar surface area (TPSA) is 98.1 Å². The number of aromatic nitrogens is 3. The van der Waals surface area contributed by atoms with Gasteiger partial charge in [-0.3, -0.25) is 14.3 Å². The molecule has 2 N–H and O–H groups in total. The number of aryl methyl sites for hydroxylation is 1. The zero-order valence-electron chi connectivity index (χ0n) is 22.5. The van der Waals surface area contributed by atoms with Crippen molar-refractivity contribution in [1.29, 1.82) is 0 Å². The van der Waals surface area contributed by atoms with Gasteiger partial charge in [-0.05, 0) is 62.9 Å². The minimum absolute atomic E-state index is 0.0347. The summed E-state index contributed by atoms with van der Waals surface area (Å²) < 4.78 is 48.5. The van der Waals surface area contributed by atoms with E-state index >= 15 is 0 Å². The van der Waals surface area contributed by atoms with Crippen LogP contribution in [0.5, 0.6) is 0 Å². The van der Waals surface area contributed by atoms with Gasteiger partial charge in [-0.1, -0.05) is 34.2 Å². The Morgan fingerprint density at radius 2 is 2.02 bits per heavy atom. The van der Waals surface area contributed by atoms with Crippen LogP contribution in [-0.4, -0.2) is 45.8 Å². The Kier molecular flexibility index (Phi) is 8.32. The molecular formula is C29H29BrF3N5O3. The van der Waals surface area contributed by atoms with Crippen LogP contribution in [0.3, 0.4) is 0 Å². The second-order valence-corrected chi connectivity index (χ2v) is 11.1. The number of nitrogens with zero attached hydrogens (tertiary/aromatic N) is 3. The van der Waals surface area contributed by atoms with Crippen molar-refractivity contribution in [2.75, 3.05) is 18.5 Å². The number of anilines is 1. The van der Waals surface area contributed by atoms with Gasteiger partial charge >= 0.3 is 6.18 Å². The van der Waals surface area contributed by atoms with Crippen molar-refractivity contribution in [2.45, 2.75) is 51.9 Å². The van der Waals surface area contributed by atoms with Crippen LogP contribution >= 0.6 is 15.9 Å². The summed E-state index contributed by atoms with van der Waals surface area (Å²) in [5, 5.41) is 10.6. The van der Waals surface area contributed by atoms with Crippen LogP contribution in [0.4, 0.5) is 18.9 Å². The van der Waals surface area contributed by atoms with Crippen LogP contribution in [0.25, 0.3) is 10.9 Å². The molecule has 0 spiro atoms. The van der Waals surface area contributed by atoms with Gasteiger partial charge in [0.1, 0.15) is 5.69 Å². The van der Waals surface area contributed by atoms with Gasteiger partial charge in [0.05, 0.1) is 46.7 Å². The number of amides is 2. The maximum Gasteiger partial charge on any atom is 0.433 e. The van der Waals surface area contributed by atoms with Crippen molar-refractivity contribution >= 4 is 44.3 Å². The second-order valence-electron chi connectivity index (χ2n) is 10.2. The van der Waals surface area contributed by atoms with Crippen LogP contribution in [-0.2, 0) is 22.3 Å². The number of alkyl halides is 3. The number of pyridine rings is 1. The Labute approximate surface area is 243 Å². The Balaban J connectivity index is 1.29. The second kappa shape index (κ2) is 11.8. The lowest BCUT2D eigenvalue weighted by atomic mass is 9.96. The fourth-order valence-corrected chi connectivity index (χ4v) is 5.40. The molecule has 5 rings (SSSR count). The van der Waals surface area contributed by atoms with E-state index in [0.717, 1.165) is 31.1 Å². The molecule has 41 heavy (non-hydrogen) atoms. The first-order valence-corrected chi connectivity index (χ1v) is 14.1. The van der Waals surface area contributed by atoms with Crippen molar-refractivity contribution in [2.24, 2.45) is 5.92 Å². The lowest BCUT2D eigenvalue weighted by molar-refractivity contribution is -0.141. The minimum atomic E-state index is -4.71. The van der Waals surface area contributed by atoms with Crippen molar-refractivity contribution in [3.63, 3.8) is 0 Å². The van der Waals surface area contributed by atoms with E-state index in [9.17, 15) is 22.8 Å². The predicted octanol–water partition coefficient (Wildman–Crippen LogP) is 5.88. The molecule has 1 aliphatic heterocycles. The molecule has 0 bridgehead atoms. The Morgan fingerprint density at radius 3 is 2.71 bits per heavy atom. The molecule has 216 valence electrons. The van der Waals surface area contributed by atoms with E-state index in [0.29, 0.717) is 46.4 Å². The van der Waals surface area contributed by atoms with Gasteiger partial charge in [0.15, 0.2) is 0 Å². The normalized spacial score (nSPS) is 18.9. The van der Waals surface area contributed by atoms with Gasteiger partial charge in [-0.25, -0.2) is 4.98 Å². The van der Waals surface area contributed by atoms with Gasteiger partial charge in [0, 0.05) is 23.0 Å². The van der Waals surface area contributed by atoms with Crippen LogP contribution < -0.4 is 10.6 Å². The van der Waals surface area contributed by atoms with E-state index < -0.39 is 17.8 Å². The molecule has 1 aliphatic carbocycles. The molecular weight excluding hydrogens is 603 g/mol. The van der Waals surface area contributed by atoms with E-state index in [-0.39, 0.29) is 29.0 Å². The summed E-state index contributed by atoms with van der Waals surface area (Å²) in [5.41, 5.74) is 1.34. The molecule has 1 unspecified atom stereocenters. The molecule has 0 saturated carbocycles. The molecule has 2 aromatic heterocycles. The van der Waals surface area contributed by atoms with Crippen LogP contribution in [0, 0.1) is 19.8 Å². The number of carbonyl (C=O) groups is 2. The summed E-state index contributed by atoms with van der Waals surface area (Å²) in [7, 11) is 0. The Morgan fingerprint density at radius 1 is 1.22 bits per heavy atom. The number of halogens is 4. The average molecular weight is 632 g/mol. The molecule has 3 aromatic rings. The van der Waals surface area contributed by atoms with E-state index in [1.54, 1.807) is 30.7 Å². The lowest BCUT2D eigenvalue weighted by Crippen LogP contribution is -2.35. The van der Waals surface area contributed by atoms with E-state index in [2.05, 4.69) is 36.6 Å². The summed E-state index contributed by atoms with van der Waals surface area (Å²) in [5.74, 6) is -0.986. The zero-order chi connectivity index (χ0) is 29.3. The number of hydrogen-bond donors (Lipinski definition) is 2. The molecule has 1 aromatic carbocycles. The number of hydrogen-bond acceptors (Lipinski definition) is 5. The van der Waals surface area contributed by atoms with Crippen molar-refractivity contribution < 1.29 is 27.5 Å². The van der Waals surface area contributed by atoms with Gasteiger partial charge < -0.3 is 15.4 Å². The third kappa shape index (κ3) is 6.54. The summed E-state index contributed by atoms with van der Waals surface area (Å²) in [6, 6.07) is 5.34. The van der Waals surface area contributed by atoms with Crippen molar-refractivity contribution in [3.05, 3.63) is 75.2 Å². The number of allylic oxidation sites excluding steroid dienone is 3. The highest BCUT2D eigenvalue weighted by Gasteiger charge is 2.34. The number of carbonyl (C=O) groups excluding carboxylic acids is 2. The third-order valence-corrected chi connectivity index (χ3v) is 7.79. The van der Waals surface area contributed by atoms with Crippen LogP contribution in [0.2, 0.25) is 0 Å². The minimum Gasteiger partial charge on any atom is -0.376 e. The number of rotatable bonds is 7. The standard InChI is InChI=1S/C29H29BrF3N5O3/c1-16-26(36-28(40)23-13-25(29(31,32)33)35-24-10-9-20(30)12-22(23)24)17(2)38(37-16)15-18-5-7-19(8-6-18)27(39)34-14-21-4-3-11-41-21/h5-7,9-10,12-13,19,21H,3-4,8,11,14-15H2,1-2H3,(H,34,39)(H,36,40)/t19?,21-/m0/s1. The number of benzene rings is 1. The zero-order valence-corrected chi connectivity index (χ0v) is 24.1. The molecule has 3 heterocycles. The smallest absolute Gasteiger partial charge is 0.376 e. The first-order valence-electron chi connectivity index (χ1n) is 13.3. The molecule has 8 nitrogen and oxygen atoms in total. The van der Waals surface area contributed by atoms with Crippen LogP contribution in [0.1, 0.15) is 46.7 Å². The van der Waals surface area contributed by atoms with Gasteiger partial charge in [0.25, 0.3) is 5.91 Å². The third-order valence-electron chi connectivity index (χ3n) is 7.30. The maximum atomic E-state index is 13.5. The monoisotopic (exact) mass is 631 g/mol. The highest BCUT2D eigenvalue weighted by Crippen LogP contribution is 2.33. The molecule has 2 aliphatic rings. The van der Waals surface area contributed by atoms with E-state index in [1.165, 1.54) is 6.07 Å². The maximum absolute atomic E-state index is 13.5. The summed E-state index contributed by atoms with van der Waals surface area (Å²) in [6.07, 6.45) is 3.67. The number of nitrogens with one attached hydrogen (secondary N) is 2. The molecule has 0 radical (unpaired) electrons. The fraction of sp³-hybridized carbons (Fsp3) is 0.379. The molecule has 2 amide bonds. The van der Waals surface area contributed by atoms with Crippen molar-refractivity contribution in [1.82, 2.24) is 20.1 Å².